The predicted octanol–water partition coefficient (Wildman–Crippen LogP) is 5.33. The van der Waals surface area contributed by atoms with E-state index in [2.05, 4.69) is 12.6 Å². The predicted molar refractivity (Wildman–Crippen MR) is 137 cm³/mol. The number of unbranched alkanes of at least 4 members (excludes halogenated alkanes) is 8. The van der Waals surface area contributed by atoms with Crippen molar-refractivity contribution in [2.75, 3.05) is 59.1 Å². The van der Waals surface area contributed by atoms with Gasteiger partial charge in [0.15, 0.2) is 6.10 Å². The van der Waals surface area contributed by atoms with E-state index < -0.39 is 12.1 Å². The molecule has 1 unspecified atom stereocenters. The van der Waals surface area contributed by atoms with Gasteiger partial charge in [-0.25, -0.2) is 4.79 Å². The van der Waals surface area contributed by atoms with Crippen molar-refractivity contribution in [3.05, 3.63) is 29.8 Å². The van der Waals surface area contributed by atoms with Gasteiger partial charge in [0, 0.05) is 6.61 Å². The third kappa shape index (κ3) is 16.3. The fourth-order valence-corrected chi connectivity index (χ4v) is 3.66. The van der Waals surface area contributed by atoms with Crippen molar-refractivity contribution < 1.29 is 33.6 Å². The summed E-state index contributed by atoms with van der Waals surface area (Å²) in [5, 5.41) is 9.41. The van der Waals surface area contributed by atoms with Gasteiger partial charge < -0.3 is 28.8 Å². The van der Waals surface area contributed by atoms with Crippen LogP contribution in [0.2, 0.25) is 0 Å². The molecule has 0 saturated heterocycles. The second-order valence-corrected chi connectivity index (χ2v) is 8.56. The van der Waals surface area contributed by atoms with Gasteiger partial charge in [-0.2, -0.15) is 12.6 Å². The molecule has 0 aromatic heterocycles. The summed E-state index contributed by atoms with van der Waals surface area (Å²) < 4.78 is 27.2. The molecule has 0 saturated carbocycles. The number of carboxylic acids is 1. The van der Waals surface area contributed by atoms with Crippen molar-refractivity contribution in [1.29, 1.82) is 0 Å². The average Bonchev–Trinajstić information content (AvgIpc) is 2.84. The Morgan fingerprint density at radius 1 is 0.794 bits per heavy atom. The Hall–Kier alpha value is -1.32. The molecule has 0 aliphatic rings. The fraction of sp³-hybridized carbons (Fsp3) is 0.731. The molecule has 34 heavy (non-hydrogen) atoms. The second-order valence-electron chi connectivity index (χ2n) is 8.11. The third-order valence-corrected chi connectivity index (χ3v) is 5.64. The number of hydrogen-bond donors (Lipinski definition) is 2. The maximum atomic E-state index is 11.5. The standard InChI is InChI=1S/C26H44O7S/c1-29-24-13-11-12-23(22-24)25(26(27)28)33-20-19-32-18-17-31-16-15-30-14-9-7-5-3-2-4-6-8-10-21-34/h11-13,22,25,34H,2-10,14-21H2,1H3,(H,27,28). The van der Waals surface area contributed by atoms with Crippen molar-refractivity contribution >= 4 is 18.6 Å². The zero-order valence-corrected chi connectivity index (χ0v) is 21.6. The Labute approximate surface area is 210 Å². The molecule has 1 atom stereocenters. The van der Waals surface area contributed by atoms with Gasteiger partial charge in [0.2, 0.25) is 0 Å². The van der Waals surface area contributed by atoms with Crippen molar-refractivity contribution in [3.8, 4) is 5.75 Å². The van der Waals surface area contributed by atoms with E-state index in [0.717, 1.165) is 18.8 Å². The first-order valence-corrected chi connectivity index (χ1v) is 13.1. The number of thiol groups is 1. The minimum atomic E-state index is -1.06. The molecular weight excluding hydrogens is 456 g/mol. The summed E-state index contributed by atoms with van der Waals surface area (Å²) in [5.41, 5.74) is 0.533. The molecule has 7 nitrogen and oxygen atoms in total. The highest BCUT2D eigenvalue weighted by Crippen LogP contribution is 2.22. The summed E-state index contributed by atoms with van der Waals surface area (Å²) in [5.74, 6) is 0.551. The largest absolute Gasteiger partial charge is 0.497 e. The van der Waals surface area contributed by atoms with Crippen molar-refractivity contribution in [2.24, 2.45) is 0 Å². The Kier molecular flexibility index (Phi) is 20.0. The SMILES string of the molecule is COc1cccc(C(OCCOCCOCCOCCCCCCCCCCCS)C(=O)O)c1. The summed E-state index contributed by atoms with van der Waals surface area (Å²) in [7, 11) is 1.54. The molecule has 1 aromatic rings. The minimum absolute atomic E-state index is 0.174. The van der Waals surface area contributed by atoms with Gasteiger partial charge in [-0.3, -0.25) is 0 Å². The summed E-state index contributed by atoms with van der Waals surface area (Å²) in [6, 6.07) is 6.85. The molecule has 0 heterocycles. The molecule has 0 fully saturated rings. The van der Waals surface area contributed by atoms with Crippen molar-refractivity contribution in [1.82, 2.24) is 0 Å². The lowest BCUT2D eigenvalue weighted by Crippen LogP contribution is -2.18. The molecule has 0 aliphatic carbocycles. The van der Waals surface area contributed by atoms with Crippen LogP contribution in [0.1, 0.15) is 69.5 Å². The molecule has 0 bridgehead atoms. The van der Waals surface area contributed by atoms with Gasteiger partial charge >= 0.3 is 5.97 Å². The number of rotatable bonds is 24. The first-order chi connectivity index (χ1) is 16.7. The van der Waals surface area contributed by atoms with E-state index in [-0.39, 0.29) is 6.61 Å². The van der Waals surface area contributed by atoms with Crippen LogP contribution in [-0.2, 0) is 23.7 Å². The van der Waals surface area contributed by atoms with Crippen LogP contribution in [0.5, 0.6) is 5.75 Å². The van der Waals surface area contributed by atoms with E-state index in [9.17, 15) is 9.90 Å². The number of hydrogen-bond acceptors (Lipinski definition) is 7. The summed E-state index contributed by atoms with van der Waals surface area (Å²) in [4.78, 5) is 11.5. The van der Waals surface area contributed by atoms with Crippen LogP contribution in [0.15, 0.2) is 24.3 Å². The lowest BCUT2D eigenvalue weighted by Gasteiger charge is -2.15. The van der Waals surface area contributed by atoms with Crippen LogP contribution in [0.3, 0.4) is 0 Å². The maximum absolute atomic E-state index is 11.5. The van der Waals surface area contributed by atoms with Crippen molar-refractivity contribution in [3.63, 3.8) is 0 Å². The van der Waals surface area contributed by atoms with E-state index in [1.54, 1.807) is 24.3 Å². The zero-order valence-electron chi connectivity index (χ0n) is 20.8. The van der Waals surface area contributed by atoms with Gasteiger partial charge in [0.25, 0.3) is 0 Å². The first kappa shape index (κ1) is 30.7. The summed E-state index contributed by atoms with van der Waals surface area (Å²) in [6.07, 6.45) is 10.5. The van der Waals surface area contributed by atoms with Gasteiger partial charge in [-0.15, -0.1) is 0 Å². The van der Waals surface area contributed by atoms with Crippen LogP contribution in [0, 0.1) is 0 Å². The van der Waals surface area contributed by atoms with Crippen LogP contribution < -0.4 is 4.74 Å². The molecule has 1 aromatic carbocycles. The third-order valence-electron chi connectivity index (χ3n) is 5.32. The van der Waals surface area contributed by atoms with E-state index in [1.165, 1.54) is 58.5 Å². The topological polar surface area (TPSA) is 83.5 Å². The number of benzene rings is 1. The van der Waals surface area contributed by atoms with Crippen LogP contribution >= 0.6 is 12.6 Å². The van der Waals surface area contributed by atoms with Gasteiger partial charge in [0.05, 0.1) is 46.8 Å². The smallest absolute Gasteiger partial charge is 0.337 e. The lowest BCUT2D eigenvalue weighted by molar-refractivity contribution is -0.152. The number of aliphatic carboxylic acids is 1. The van der Waals surface area contributed by atoms with E-state index >= 15 is 0 Å². The van der Waals surface area contributed by atoms with Crippen molar-refractivity contribution in [2.45, 2.75) is 63.9 Å². The second kappa shape index (κ2) is 22.2. The molecular formula is C26H44O7S. The molecule has 0 spiro atoms. The Balaban J connectivity index is 1.88. The monoisotopic (exact) mass is 500 g/mol. The average molecular weight is 501 g/mol. The molecule has 8 heteroatoms. The Bertz CT molecular complexity index is 615. The Morgan fingerprint density at radius 3 is 1.88 bits per heavy atom. The molecule has 0 radical (unpaired) electrons. The number of methoxy groups -OCH3 is 1. The van der Waals surface area contributed by atoms with Gasteiger partial charge in [-0.05, 0) is 36.3 Å². The summed E-state index contributed by atoms with van der Waals surface area (Å²) in [6.45, 7) is 3.29. The van der Waals surface area contributed by atoms with Crippen LogP contribution in [-0.4, -0.2) is 70.2 Å². The van der Waals surface area contributed by atoms with Crippen LogP contribution in [0.4, 0.5) is 0 Å². The normalized spacial score (nSPS) is 12.1. The highest BCUT2D eigenvalue weighted by molar-refractivity contribution is 7.80. The van der Waals surface area contributed by atoms with Gasteiger partial charge in [-0.1, -0.05) is 57.1 Å². The van der Waals surface area contributed by atoms with E-state index in [1.807, 2.05) is 0 Å². The minimum Gasteiger partial charge on any atom is -0.497 e. The van der Waals surface area contributed by atoms with E-state index in [4.69, 9.17) is 23.7 Å². The molecule has 0 amide bonds. The number of ether oxygens (including phenoxy) is 5. The fourth-order valence-electron chi connectivity index (χ4n) is 3.43. The van der Waals surface area contributed by atoms with E-state index in [0.29, 0.717) is 44.3 Å². The molecule has 1 N–H and O–H groups in total. The van der Waals surface area contributed by atoms with Gasteiger partial charge in [0.1, 0.15) is 5.75 Å². The maximum Gasteiger partial charge on any atom is 0.337 e. The number of carboxylic acid groups (broad SMARTS) is 1. The van der Waals surface area contributed by atoms with Crippen LogP contribution in [0.25, 0.3) is 0 Å². The highest BCUT2D eigenvalue weighted by Gasteiger charge is 2.20. The highest BCUT2D eigenvalue weighted by atomic mass is 32.1. The first-order valence-electron chi connectivity index (χ1n) is 12.5. The number of carbonyl (C=O) groups is 1. The Morgan fingerprint density at radius 2 is 1.32 bits per heavy atom. The molecule has 1 rings (SSSR count). The molecule has 196 valence electrons. The summed E-state index contributed by atoms with van der Waals surface area (Å²) >= 11 is 4.24. The quantitative estimate of drug-likeness (QED) is 0.147. The lowest BCUT2D eigenvalue weighted by atomic mass is 10.1. The zero-order chi connectivity index (χ0) is 24.7. The molecule has 0 aliphatic heterocycles.